The van der Waals surface area contributed by atoms with Crippen LogP contribution in [-0.2, 0) is 4.79 Å². The third kappa shape index (κ3) is 3.57. The van der Waals surface area contributed by atoms with Crippen molar-refractivity contribution in [2.75, 3.05) is 13.1 Å². The molecule has 4 atom stereocenters. The van der Waals surface area contributed by atoms with Crippen molar-refractivity contribution in [1.82, 2.24) is 26.5 Å². The lowest BCUT2D eigenvalue weighted by atomic mass is 9.89. The van der Waals surface area contributed by atoms with Crippen molar-refractivity contribution in [3.8, 4) is 0 Å². The van der Waals surface area contributed by atoms with E-state index in [1.807, 2.05) is 12.1 Å². The number of fused-ring (bicyclic) bond motifs is 1. The molecule has 1 amide bonds. The fraction of sp³-hybridized carbons (Fsp3) is 0.600. The monoisotopic (exact) mass is 325 g/mol. The molecule has 2 aliphatic rings. The second-order valence-electron chi connectivity index (χ2n) is 5.78. The molecule has 7 heteroatoms. The van der Waals surface area contributed by atoms with E-state index >= 15 is 0 Å². The van der Waals surface area contributed by atoms with Crippen LogP contribution in [0.15, 0.2) is 24.5 Å². The summed E-state index contributed by atoms with van der Waals surface area (Å²) in [5, 5.41) is 6.53. The Morgan fingerprint density at radius 2 is 2.18 bits per heavy atom. The van der Waals surface area contributed by atoms with Gasteiger partial charge in [0, 0.05) is 30.9 Å². The molecule has 2 saturated heterocycles. The van der Waals surface area contributed by atoms with Crippen LogP contribution in [0.25, 0.3) is 0 Å². The van der Waals surface area contributed by atoms with Gasteiger partial charge >= 0.3 is 0 Å². The average molecular weight is 326 g/mol. The Morgan fingerprint density at radius 1 is 1.41 bits per heavy atom. The molecule has 0 spiro atoms. The van der Waals surface area contributed by atoms with Crippen LogP contribution in [0.1, 0.15) is 31.4 Å². The van der Waals surface area contributed by atoms with Crippen molar-refractivity contribution in [1.29, 1.82) is 0 Å². The SMILES string of the molecule is CCC(NC(=O)C1NNC2CCNCC21)c1ccncc1.Cl. The Morgan fingerprint density at radius 3 is 2.91 bits per heavy atom. The minimum atomic E-state index is -0.168. The van der Waals surface area contributed by atoms with Crippen LogP contribution in [0.3, 0.4) is 0 Å². The molecule has 0 bridgehead atoms. The predicted octanol–water partition coefficient (Wildman–Crippen LogP) is 0.525. The van der Waals surface area contributed by atoms with Crippen molar-refractivity contribution in [3.63, 3.8) is 0 Å². The number of aromatic nitrogens is 1. The smallest absolute Gasteiger partial charge is 0.239 e. The third-order valence-electron chi connectivity index (χ3n) is 4.50. The number of hydrazine groups is 1. The fourth-order valence-corrected chi connectivity index (χ4v) is 3.25. The maximum absolute atomic E-state index is 12.6. The van der Waals surface area contributed by atoms with E-state index in [0.29, 0.717) is 12.0 Å². The van der Waals surface area contributed by atoms with Gasteiger partial charge in [-0.05, 0) is 37.1 Å². The predicted molar refractivity (Wildman–Crippen MR) is 87.5 cm³/mol. The van der Waals surface area contributed by atoms with Crippen LogP contribution < -0.4 is 21.5 Å². The van der Waals surface area contributed by atoms with Crippen molar-refractivity contribution in [2.24, 2.45) is 5.92 Å². The lowest BCUT2D eigenvalue weighted by Gasteiger charge is -2.28. The van der Waals surface area contributed by atoms with Crippen molar-refractivity contribution in [2.45, 2.75) is 37.9 Å². The van der Waals surface area contributed by atoms with Gasteiger partial charge in [-0.25, -0.2) is 5.43 Å². The van der Waals surface area contributed by atoms with E-state index in [1.54, 1.807) is 12.4 Å². The first kappa shape index (κ1) is 17.1. The standard InChI is InChI=1S/C15H23N5O.ClH/c1-2-12(10-3-6-16-7-4-10)18-15(21)14-11-9-17-8-5-13(11)19-20-14;/h3-4,6-7,11-14,17,19-20H,2,5,8-9H2,1H3,(H,18,21);1H. The highest BCUT2D eigenvalue weighted by Gasteiger charge is 2.41. The molecule has 6 nitrogen and oxygen atoms in total. The lowest BCUT2D eigenvalue weighted by molar-refractivity contribution is -0.124. The maximum atomic E-state index is 12.6. The van der Waals surface area contributed by atoms with Crippen LogP contribution in [0, 0.1) is 5.92 Å². The van der Waals surface area contributed by atoms with E-state index in [0.717, 1.165) is 31.5 Å². The van der Waals surface area contributed by atoms with E-state index in [9.17, 15) is 4.79 Å². The maximum Gasteiger partial charge on any atom is 0.239 e. The summed E-state index contributed by atoms with van der Waals surface area (Å²) in [5.41, 5.74) is 7.53. The van der Waals surface area contributed by atoms with Gasteiger partial charge < -0.3 is 10.6 Å². The Kier molecular flexibility index (Phi) is 6.14. The number of carbonyl (C=O) groups is 1. The summed E-state index contributed by atoms with van der Waals surface area (Å²) in [6, 6.07) is 4.18. The molecule has 1 aromatic rings. The molecule has 0 aromatic carbocycles. The van der Waals surface area contributed by atoms with E-state index in [4.69, 9.17) is 0 Å². The molecule has 2 aliphatic heterocycles. The van der Waals surface area contributed by atoms with Crippen LogP contribution in [0.2, 0.25) is 0 Å². The van der Waals surface area contributed by atoms with Crippen LogP contribution >= 0.6 is 12.4 Å². The number of amides is 1. The van der Waals surface area contributed by atoms with Gasteiger partial charge in [0.2, 0.25) is 5.91 Å². The molecule has 2 fully saturated rings. The number of carbonyl (C=O) groups excluding carboxylic acids is 1. The van der Waals surface area contributed by atoms with Gasteiger partial charge in [0.1, 0.15) is 6.04 Å². The van der Waals surface area contributed by atoms with E-state index < -0.39 is 0 Å². The molecule has 3 heterocycles. The van der Waals surface area contributed by atoms with Gasteiger partial charge in [-0.1, -0.05) is 6.92 Å². The topological polar surface area (TPSA) is 78.1 Å². The van der Waals surface area contributed by atoms with Gasteiger partial charge in [-0.3, -0.25) is 15.2 Å². The summed E-state index contributed by atoms with van der Waals surface area (Å²) in [6.45, 7) is 3.98. The number of nitrogens with zero attached hydrogens (tertiary/aromatic N) is 1. The zero-order valence-corrected chi connectivity index (χ0v) is 13.5. The molecule has 122 valence electrons. The zero-order valence-electron chi connectivity index (χ0n) is 12.7. The quantitative estimate of drug-likeness (QED) is 0.649. The zero-order chi connectivity index (χ0) is 14.7. The molecule has 0 radical (unpaired) electrons. The van der Waals surface area contributed by atoms with E-state index in [-0.39, 0.29) is 30.4 Å². The molecule has 0 aliphatic carbocycles. The molecule has 4 unspecified atom stereocenters. The largest absolute Gasteiger partial charge is 0.348 e. The minimum Gasteiger partial charge on any atom is -0.348 e. The third-order valence-corrected chi connectivity index (χ3v) is 4.50. The Hall–Kier alpha value is -1.21. The molecule has 22 heavy (non-hydrogen) atoms. The van der Waals surface area contributed by atoms with Crippen molar-refractivity contribution >= 4 is 18.3 Å². The second-order valence-corrected chi connectivity index (χ2v) is 5.78. The Balaban J connectivity index is 0.00000176. The van der Waals surface area contributed by atoms with Crippen LogP contribution in [0.4, 0.5) is 0 Å². The van der Waals surface area contributed by atoms with E-state index in [2.05, 4.69) is 33.4 Å². The van der Waals surface area contributed by atoms with Gasteiger partial charge in [-0.2, -0.15) is 0 Å². The second kappa shape index (κ2) is 7.87. The summed E-state index contributed by atoms with van der Waals surface area (Å²) in [7, 11) is 0. The Labute approximate surface area is 137 Å². The normalized spacial score (nSPS) is 28.3. The highest BCUT2D eigenvalue weighted by molar-refractivity contribution is 5.85. The van der Waals surface area contributed by atoms with Gasteiger partial charge in [0.25, 0.3) is 0 Å². The summed E-state index contributed by atoms with van der Waals surface area (Å²) in [4.78, 5) is 16.6. The van der Waals surface area contributed by atoms with Gasteiger partial charge in [0.05, 0.1) is 6.04 Å². The van der Waals surface area contributed by atoms with Gasteiger partial charge in [0.15, 0.2) is 0 Å². The first-order chi connectivity index (χ1) is 10.3. The van der Waals surface area contributed by atoms with E-state index in [1.165, 1.54) is 0 Å². The fourth-order valence-electron chi connectivity index (χ4n) is 3.25. The number of piperidine rings is 1. The number of hydrogen-bond acceptors (Lipinski definition) is 5. The minimum absolute atomic E-state index is 0. The van der Waals surface area contributed by atoms with Crippen LogP contribution in [-0.4, -0.2) is 36.1 Å². The van der Waals surface area contributed by atoms with Crippen LogP contribution in [0.5, 0.6) is 0 Å². The molecular formula is C15H24ClN5O. The summed E-state index contributed by atoms with van der Waals surface area (Å²) >= 11 is 0. The van der Waals surface area contributed by atoms with Gasteiger partial charge in [-0.15, -0.1) is 12.4 Å². The molecular weight excluding hydrogens is 302 g/mol. The molecule has 3 rings (SSSR count). The number of pyridine rings is 1. The average Bonchev–Trinajstić information content (AvgIpc) is 2.97. The van der Waals surface area contributed by atoms with Crippen molar-refractivity contribution in [3.05, 3.63) is 30.1 Å². The summed E-state index contributed by atoms with van der Waals surface area (Å²) in [5.74, 6) is 0.385. The number of rotatable bonds is 4. The Bertz CT molecular complexity index is 486. The highest BCUT2D eigenvalue weighted by Crippen LogP contribution is 2.22. The lowest BCUT2D eigenvalue weighted by Crippen LogP contribution is -2.49. The molecule has 0 saturated carbocycles. The number of halogens is 1. The number of nitrogens with one attached hydrogen (secondary N) is 4. The molecule has 4 N–H and O–H groups in total. The molecule has 1 aromatic heterocycles. The summed E-state index contributed by atoms with van der Waals surface area (Å²) in [6.07, 6.45) is 5.45. The number of hydrogen-bond donors (Lipinski definition) is 4. The highest BCUT2D eigenvalue weighted by atomic mass is 35.5. The first-order valence-corrected chi connectivity index (χ1v) is 7.71. The first-order valence-electron chi connectivity index (χ1n) is 7.71. The summed E-state index contributed by atoms with van der Waals surface area (Å²) < 4.78 is 0. The van der Waals surface area contributed by atoms with Crippen molar-refractivity contribution < 1.29 is 4.79 Å².